The maximum absolute atomic E-state index is 5.53. The Labute approximate surface area is 80.0 Å². The van der Waals surface area contributed by atoms with Crippen LogP contribution in [0.5, 0.6) is 5.75 Å². The lowest BCUT2D eigenvalue weighted by atomic mass is 10.2. The summed E-state index contributed by atoms with van der Waals surface area (Å²) in [7, 11) is 0. The molecule has 0 bridgehead atoms. The first-order valence-electron chi connectivity index (χ1n) is 4.48. The van der Waals surface area contributed by atoms with Crippen LogP contribution in [0, 0.1) is 12.0 Å². The van der Waals surface area contributed by atoms with Crippen molar-refractivity contribution in [2.24, 2.45) is 5.92 Å². The summed E-state index contributed by atoms with van der Waals surface area (Å²) in [6, 6.07) is 8.70. The minimum Gasteiger partial charge on any atom is -0.493 e. The van der Waals surface area contributed by atoms with Crippen LogP contribution >= 0.6 is 0 Å². The molecule has 1 nitrogen and oxygen atoms in total. The highest BCUT2D eigenvalue weighted by Crippen LogP contribution is 2.14. The molecule has 0 aliphatic carbocycles. The van der Waals surface area contributed by atoms with E-state index in [1.807, 2.05) is 18.2 Å². The van der Waals surface area contributed by atoms with Crippen LogP contribution in [0.1, 0.15) is 19.4 Å². The number of hydrogen-bond donors (Lipinski definition) is 0. The van der Waals surface area contributed by atoms with E-state index in [0.717, 1.165) is 17.9 Å². The third kappa shape index (κ3) is 3.32. The smallest absolute Gasteiger partial charge is 0.120 e. The Morgan fingerprint density at radius 3 is 2.92 bits per heavy atom. The van der Waals surface area contributed by atoms with E-state index in [1.165, 1.54) is 0 Å². The predicted octanol–water partition coefficient (Wildman–Crippen LogP) is 3.16. The van der Waals surface area contributed by atoms with Crippen molar-refractivity contribution in [3.8, 4) is 5.75 Å². The second kappa shape index (κ2) is 4.70. The molecule has 0 heterocycles. The van der Waals surface area contributed by atoms with Gasteiger partial charge in [-0.15, -0.1) is 0 Å². The van der Waals surface area contributed by atoms with Crippen LogP contribution < -0.4 is 4.74 Å². The molecule has 0 amide bonds. The minimum atomic E-state index is 0.549. The summed E-state index contributed by atoms with van der Waals surface area (Å²) in [4.78, 5) is 0. The summed E-state index contributed by atoms with van der Waals surface area (Å²) >= 11 is 0. The third-order valence-corrected chi connectivity index (χ3v) is 1.60. The van der Waals surface area contributed by atoms with E-state index in [1.54, 1.807) is 6.08 Å². The van der Waals surface area contributed by atoms with Gasteiger partial charge in [-0.2, -0.15) is 0 Å². The Kier molecular flexibility index (Phi) is 3.56. The molecule has 69 valence electrons. The number of benzene rings is 1. The van der Waals surface area contributed by atoms with Gasteiger partial charge in [0.1, 0.15) is 5.75 Å². The Morgan fingerprint density at radius 2 is 2.31 bits per heavy atom. The number of hydrogen-bond acceptors (Lipinski definition) is 1. The van der Waals surface area contributed by atoms with Gasteiger partial charge in [0.05, 0.1) is 6.61 Å². The highest BCUT2D eigenvalue weighted by atomic mass is 16.5. The van der Waals surface area contributed by atoms with Gasteiger partial charge in [0.2, 0.25) is 0 Å². The average molecular weight is 175 g/mol. The maximum Gasteiger partial charge on any atom is 0.120 e. The van der Waals surface area contributed by atoms with Crippen molar-refractivity contribution in [3.05, 3.63) is 36.4 Å². The molecule has 0 aliphatic heterocycles. The molecule has 0 fully saturated rings. The molecular formula is C12H15O. The first-order chi connectivity index (χ1) is 6.22. The van der Waals surface area contributed by atoms with E-state index in [2.05, 4.69) is 26.5 Å². The van der Waals surface area contributed by atoms with E-state index >= 15 is 0 Å². The molecule has 0 unspecified atom stereocenters. The van der Waals surface area contributed by atoms with Gasteiger partial charge in [0.15, 0.2) is 0 Å². The van der Waals surface area contributed by atoms with Gasteiger partial charge >= 0.3 is 0 Å². The summed E-state index contributed by atoms with van der Waals surface area (Å²) in [6.07, 6.45) is 1.79. The molecule has 0 aliphatic rings. The van der Waals surface area contributed by atoms with Crippen molar-refractivity contribution >= 4 is 6.08 Å². The topological polar surface area (TPSA) is 9.23 Å². The predicted molar refractivity (Wildman–Crippen MR) is 55.7 cm³/mol. The van der Waals surface area contributed by atoms with E-state index in [-0.39, 0.29) is 0 Å². The normalized spacial score (nSPS) is 10.1. The lowest BCUT2D eigenvalue weighted by molar-refractivity contribution is 0.271. The summed E-state index contributed by atoms with van der Waals surface area (Å²) in [5, 5.41) is 0. The zero-order chi connectivity index (χ0) is 9.68. The van der Waals surface area contributed by atoms with Crippen LogP contribution in [0.2, 0.25) is 0 Å². The fourth-order valence-corrected chi connectivity index (χ4v) is 0.932. The zero-order valence-electron chi connectivity index (χ0n) is 8.21. The molecular weight excluding hydrogens is 160 g/mol. The Balaban J connectivity index is 2.61. The monoisotopic (exact) mass is 175 g/mol. The lowest BCUT2D eigenvalue weighted by Crippen LogP contribution is -2.04. The molecule has 0 saturated heterocycles. The number of rotatable bonds is 4. The van der Waals surface area contributed by atoms with Crippen LogP contribution in [0.3, 0.4) is 0 Å². The van der Waals surface area contributed by atoms with Gasteiger partial charge in [-0.25, -0.2) is 0 Å². The van der Waals surface area contributed by atoms with Crippen LogP contribution in [-0.4, -0.2) is 6.61 Å². The second-order valence-corrected chi connectivity index (χ2v) is 3.41. The van der Waals surface area contributed by atoms with Crippen molar-refractivity contribution in [2.75, 3.05) is 6.61 Å². The van der Waals surface area contributed by atoms with E-state index in [0.29, 0.717) is 5.92 Å². The van der Waals surface area contributed by atoms with E-state index in [9.17, 15) is 0 Å². The first kappa shape index (κ1) is 9.85. The quantitative estimate of drug-likeness (QED) is 0.683. The summed E-state index contributed by atoms with van der Waals surface area (Å²) < 4.78 is 5.53. The van der Waals surface area contributed by atoms with Gasteiger partial charge in [-0.05, 0) is 35.7 Å². The lowest BCUT2D eigenvalue weighted by Gasteiger charge is -2.08. The van der Waals surface area contributed by atoms with Crippen molar-refractivity contribution in [3.63, 3.8) is 0 Å². The van der Waals surface area contributed by atoms with Crippen molar-refractivity contribution < 1.29 is 4.74 Å². The first-order valence-corrected chi connectivity index (χ1v) is 4.48. The highest BCUT2D eigenvalue weighted by Gasteiger charge is 1.96. The van der Waals surface area contributed by atoms with E-state index in [4.69, 9.17) is 4.74 Å². The Morgan fingerprint density at radius 1 is 1.54 bits per heavy atom. The molecule has 0 atom stereocenters. The third-order valence-electron chi connectivity index (χ3n) is 1.60. The van der Waals surface area contributed by atoms with Crippen molar-refractivity contribution in [2.45, 2.75) is 13.8 Å². The van der Waals surface area contributed by atoms with Gasteiger partial charge < -0.3 is 4.74 Å². The molecule has 0 N–H and O–H groups in total. The zero-order valence-corrected chi connectivity index (χ0v) is 8.21. The molecule has 0 aromatic heterocycles. The SMILES string of the molecule is C=Cc1c[c]cc(OCC(C)C)c1. The molecule has 1 rings (SSSR count). The summed E-state index contributed by atoms with van der Waals surface area (Å²) in [5.41, 5.74) is 1.04. The molecule has 13 heavy (non-hydrogen) atoms. The molecule has 1 radical (unpaired) electrons. The van der Waals surface area contributed by atoms with Crippen LogP contribution in [0.4, 0.5) is 0 Å². The van der Waals surface area contributed by atoms with Crippen LogP contribution in [0.15, 0.2) is 24.8 Å². The maximum atomic E-state index is 5.53. The minimum absolute atomic E-state index is 0.549. The molecule has 1 heteroatoms. The average Bonchev–Trinajstić information content (AvgIpc) is 2.15. The van der Waals surface area contributed by atoms with Gasteiger partial charge in [0, 0.05) is 0 Å². The van der Waals surface area contributed by atoms with Crippen molar-refractivity contribution in [1.82, 2.24) is 0 Å². The summed E-state index contributed by atoms with van der Waals surface area (Å²) in [6.45, 7) is 8.69. The number of ether oxygens (including phenoxy) is 1. The van der Waals surface area contributed by atoms with Crippen molar-refractivity contribution in [1.29, 1.82) is 0 Å². The highest BCUT2D eigenvalue weighted by molar-refractivity contribution is 5.49. The van der Waals surface area contributed by atoms with Gasteiger partial charge in [0.25, 0.3) is 0 Å². The fourth-order valence-electron chi connectivity index (χ4n) is 0.932. The largest absolute Gasteiger partial charge is 0.493 e. The molecule has 0 spiro atoms. The second-order valence-electron chi connectivity index (χ2n) is 3.41. The van der Waals surface area contributed by atoms with Crippen LogP contribution in [0.25, 0.3) is 6.08 Å². The van der Waals surface area contributed by atoms with Gasteiger partial charge in [-0.1, -0.05) is 26.5 Å². The standard InChI is InChI=1S/C12H15O/c1-4-11-6-5-7-12(8-11)13-9-10(2)3/h4,6-8,10H,1,9H2,2-3H3. The van der Waals surface area contributed by atoms with Gasteiger partial charge in [-0.3, -0.25) is 0 Å². The molecule has 1 aromatic rings. The Bertz CT molecular complexity index is 276. The van der Waals surface area contributed by atoms with Crippen LogP contribution in [-0.2, 0) is 0 Å². The Hall–Kier alpha value is -1.24. The fraction of sp³-hybridized carbons (Fsp3) is 0.333. The van der Waals surface area contributed by atoms with E-state index < -0.39 is 0 Å². The molecule has 1 aromatic carbocycles. The molecule has 0 saturated carbocycles. The summed E-state index contributed by atoms with van der Waals surface area (Å²) in [5.74, 6) is 1.42.